The summed E-state index contributed by atoms with van der Waals surface area (Å²) in [4.78, 5) is 27.2. The number of carbonyl (C=O) groups excluding carboxylic acids is 1. The number of rotatable bonds is 5. The number of benzene rings is 2. The molecule has 7 heteroatoms. The first-order chi connectivity index (χ1) is 13.0. The van der Waals surface area contributed by atoms with Crippen LogP contribution < -0.4 is 0 Å². The molecule has 0 fully saturated rings. The van der Waals surface area contributed by atoms with Crippen LogP contribution in [0, 0.1) is 17.0 Å². The van der Waals surface area contributed by atoms with Crippen LogP contribution in [-0.2, 0) is 11.3 Å². The summed E-state index contributed by atoms with van der Waals surface area (Å²) < 4.78 is 5.29. The summed E-state index contributed by atoms with van der Waals surface area (Å²) in [6.07, 6.45) is -0.179. The van der Waals surface area contributed by atoms with Crippen LogP contribution in [0.2, 0.25) is 0 Å². The van der Waals surface area contributed by atoms with E-state index in [1.165, 1.54) is 0 Å². The Labute approximate surface area is 155 Å². The first kappa shape index (κ1) is 18.1. The van der Waals surface area contributed by atoms with Crippen molar-refractivity contribution >= 4 is 11.8 Å². The highest BCUT2D eigenvalue weighted by Crippen LogP contribution is 2.19. The van der Waals surface area contributed by atoms with Gasteiger partial charge in [-0.25, -0.2) is 9.63 Å². The van der Waals surface area contributed by atoms with Gasteiger partial charge in [0.25, 0.3) is 0 Å². The molecule has 0 spiro atoms. The van der Waals surface area contributed by atoms with Gasteiger partial charge in [0.15, 0.2) is 5.16 Å². The molecule has 3 rings (SSSR count). The Balaban J connectivity index is 1.69. The highest BCUT2D eigenvalue weighted by molar-refractivity contribution is 5.90. The van der Waals surface area contributed by atoms with Crippen molar-refractivity contribution in [2.45, 2.75) is 13.3 Å². The fourth-order valence-electron chi connectivity index (χ4n) is 2.44. The molecule has 0 saturated carbocycles. The molecule has 0 N–H and O–H groups in total. The fraction of sp³-hybridized carbons (Fsp3) is 0.100. The van der Waals surface area contributed by atoms with E-state index < -0.39 is 16.7 Å². The van der Waals surface area contributed by atoms with Gasteiger partial charge in [-0.3, -0.25) is 0 Å². The van der Waals surface area contributed by atoms with Gasteiger partial charge in [-0.1, -0.05) is 42.5 Å². The van der Waals surface area contributed by atoms with Gasteiger partial charge in [-0.05, 0) is 47.2 Å². The molecule has 0 aliphatic carbocycles. The standard InChI is InChI=1S/C20H16N2O5/c1-14-7-12-18(26-14)13-19(22(24)25)21-27-20(23)17-10-8-16(9-11-17)15-5-3-2-4-6-15/h2-12H,13H2,1H3/b21-19+. The summed E-state index contributed by atoms with van der Waals surface area (Å²) in [6, 6.07) is 19.7. The summed E-state index contributed by atoms with van der Waals surface area (Å²) in [6.45, 7) is 1.73. The molecule has 0 saturated heterocycles. The third kappa shape index (κ3) is 4.66. The second kappa shape index (κ2) is 8.09. The smallest absolute Gasteiger partial charge is 0.393 e. The summed E-state index contributed by atoms with van der Waals surface area (Å²) >= 11 is 0. The van der Waals surface area contributed by atoms with Crippen molar-refractivity contribution in [2.24, 2.45) is 5.16 Å². The van der Waals surface area contributed by atoms with Gasteiger partial charge >= 0.3 is 11.8 Å². The lowest BCUT2D eigenvalue weighted by Crippen LogP contribution is -2.16. The number of aryl methyl sites for hydroxylation is 1. The summed E-state index contributed by atoms with van der Waals surface area (Å²) in [7, 11) is 0. The summed E-state index contributed by atoms with van der Waals surface area (Å²) in [5.74, 6) is -0.294. The van der Waals surface area contributed by atoms with E-state index in [4.69, 9.17) is 9.25 Å². The van der Waals surface area contributed by atoms with E-state index in [1.54, 1.807) is 43.3 Å². The molecule has 0 amide bonds. The number of nitro groups is 1. The molecule has 0 aliphatic heterocycles. The maximum Gasteiger partial charge on any atom is 0.393 e. The van der Waals surface area contributed by atoms with E-state index in [0.717, 1.165) is 11.1 Å². The lowest BCUT2D eigenvalue weighted by atomic mass is 10.0. The third-order valence-corrected chi connectivity index (χ3v) is 3.80. The molecule has 1 aromatic heterocycles. The van der Waals surface area contributed by atoms with E-state index in [9.17, 15) is 14.9 Å². The summed E-state index contributed by atoms with van der Waals surface area (Å²) in [5.41, 5.74) is 2.20. The quantitative estimate of drug-likeness (QED) is 0.222. The number of furan rings is 1. The topological polar surface area (TPSA) is 94.9 Å². The number of hydrogen-bond donors (Lipinski definition) is 0. The third-order valence-electron chi connectivity index (χ3n) is 3.80. The van der Waals surface area contributed by atoms with Crippen LogP contribution in [0.5, 0.6) is 0 Å². The van der Waals surface area contributed by atoms with Crippen LogP contribution in [0.4, 0.5) is 0 Å². The number of hydrogen-bond acceptors (Lipinski definition) is 6. The van der Waals surface area contributed by atoms with Gasteiger partial charge in [0.05, 0.1) is 5.56 Å². The van der Waals surface area contributed by atoms with E-state index in [1.807, 2.05) is 30.3 Å². The number of nitrogens with zero attached hydrogens (tertiary/aromatic N) is 2. The van der Waals surface area contributed by atoms with Gasteiger partial charge in [0.1, 0.15) is 17.9 Å². The average Bonchev–Trinajstić information content (AvgIpc) is 3.10. The van der Waals surface area contributed by atoms with Crippen LogP contribution in [0.1, 0.15) is 21.9 Å². The SMILES string of the molecule is Cc1ccc(C/C(=N\OC(=O)c2ccc(-c3ccccc3)cc2)[N+](=O)[O-])o1. The highest BCUT2D eigenvalue weighted by Gasteiger charge is 2.20. The normalized spacial score (nSPS) is 11.2. The van der Waals surface area contributed by atoms with Crippen LogP contribution in [0.25, 0.3) is 11.1 Å². The Morgan fingerprint density at radius 3 is 2.30 bits per heavy atom. The predicted molar refractivity (Wildman–Crippen MR) is 98.9 cm³/mol. The Morgan fingerprint density at radius 1 is 1.04 bits per heavy atom. The molecule has 1 heterocycles. The Bertz CT molecular complexity index is 975. The molecule has 0 aliphatic rings. The molecule has 2 aromatic carbocycles. The highest BCUT2D eigenvalue weighted by atomic mass is 16.7. The lowest BCUT2D eigenvalue weighted by Gasteiger charge is -2.02. The van der Waals surface area contributed by atoms with Crippen LogP contribution in [-0.4, -0.2) is 16.7 Å². The number of oxime groups is 1. The van der Waals surface area contributed by atoms with E-state index >= 15 is 0 Å². The molecule has 7 nitrogen and oxygen atoms in total. The van der Waals surface area contributed by atoms with Crippen molar-refractivity contribution in [3.8, 4) is 11.1 Å². The zero-order valence-corrected chi connectivity index (χ0v) is 14.5. The van der Waals surface area contributed by atoms with Crippen molar-refractivity contribution < 1.29 is 19.0 Å². The van der Waals surface area contributed by atoms with Gasteiger partial charge in [-0.15, -0.1) is 0 Å². The lowest BCUT2D eigenvalue weighted by molar-refractivity contribution is -0.355. The van der Waals surface area contributed by atoms with Crippen molar-refractivity contribution in [1.29, 1.82) is 0 Å². The zero-order valence-electron chi connectivity index (χ0n) is 14.5. The van der Waals surface area contributed by atoms with Crippen molar-refractivity contribution in [2.75, 3.05) is 0 Å². The maximum atomic E-state index is 12.1. The molecular formula is C20H16N2O5. The molecule has 27 heavy (non-hydrogen) atoms. The Kier molecular flexibility index (Phi) is 5.41. The Hall–Kier alpha value is -3.74. The molecule has 0 unspecified atom stereocenters. The molecule has 0 atom stereocenters. The largest absolute Gasteiger partial charge is 0.466 e. The van der Waals surface area contributed by atoms with Gasteiger partial charge < -0.3 is 14.5 Å². The van der Waals surface area contributed by atoms with E-state index in [-0.39, 0.29) is 12.0 Å². The second-order valence-corrected chi connectivity index (χ2v) is 5.78. The minimum atomic E-state index is -0.774. The number of amidine groups is 1. The predicted octanol–water partition coefficient (Wildman–Crippen LogP) is 4.24. The molecular weight excluding hydrogens is 348 g/mol. The van der Waals surface area contributed by atoms with Gasteiger partial charge in [0, 0.05) is 0 Å². The Morgan fingerprint density at radius 2 is 1.70 bits per heavy atom. The molecule has 136 valence electrons. The van der Waals surface area contributed by atoms with Crippen molar-refractivity contribution in [3.05, 3.63) is 93.9 Å². The van der Waals surface area contributed by atoms with Crippen molar-refractivity contribution in [3.63, 3.8) is 0 Å². The monoisotopic (exact) mass is 364 g/mol. The van der Waals surface area contributed by atoms with Gasteiger partial charge in [-0.2, -0.15) is 0 Å². The second-order valence-electron chi connectivity index (χ2n) is 5.78. The average molecular weight is 364 g/mol. The van der Waals surface area contributed by atoms with Crippen LogP contribution in [0.3, 0.4) is 0 Å². The van der Waals surface area contributed by atoms with E-state index in [2.05, 4.69) is 5.16 Å². The zero-order chi connectivity index (χ0) is 19.2. The molecule has 0 bridgehead atoms. The van der Waals surface area contributed by atoms with Crippen molar-refractivity contribution in [1.82, 2.24) is 0 Å². The first-order valence-corrected chi connectivity index (χ1v) is 8.16. The van der Waals surface area contributed by atoms with Gasteiger partial charge in [0.2, 0.25) is 0 Å². The number of carbonyl (C=O) groups is 1. The minimum Gasteiger partial charge on any atom is -0.466 e. The van der Waals surface area contributed by atoms with Crippen LogP contribution in [0.15, 0.2) is 76.3 Å². The van der Waals surface area contributed by atoms with E-state index in [0.29, 0.717) is 11.5 Å². The fourth-order valence-corrected chi connectivity index (χ4v) is 2.44. The minimum absolute atomic E-state index is 0.179. The maximum absolute atomic E-state index is 12.1. The molecule has 0 radical (unpaired) electrons. The first-order valence-electron chi connectivity index (χ1n) is 8.16. The summed E-state index contributed by atoms with van der Waals surface area (Å²) in [5, 5.41) is 14.5. The molecule has 3 aromatic rings. The van der Waals surface area contributed by atoms with Crippen LogP contribution >= 0.6 is 0 Å².